The summed E-state index contributed by atoms with van der Waals surface area (Å²) in [6, 6.07) is 2.88. The van der Waals surface area contributed by atoms with Crippen molar-refractivity contribution in [3.8, 4) is 11.5 Å². The van der Waals surface area contributed by atoms with E-state index in [1.807, 2.05) is 0 Å². The molecule has 7 heteroatoms. The standard InChI is InChI=1S/C11H8F2N2O3/c1-2-17-11(16)10-15-14-9(18-10)7-4-3-6(12)5-8(7)13/h3-5H,2H2,1H3. The second-order valence-corrected chi connectivity index (χ2v) is 3.26. The van der Waals surface area contributed by atoms with E-state index in [1.54, 1.807) is 6.92 Å². The number of esters is 1. The van der Waals surface area contributed by atoms with Crippen molar-refractivity contribution in [1.29, 1.82) is 0 Å². The van der Waals surface area contributed by atoms with Gasteiger partial charge < -0.3 is 9.15 Å². The van der Waals surface area contributed by atoms with E-state index in [2.05, 4.69) is 14.9 Å². The van der Waals surface area contributed by atoms with Crippen molar-refractivity contribution in [2.24, 2.45) is 0 Å². The van der Waals surface area contributed by atoms with Crippen molar-refractivity contribution in [1.82, 2.24) is 10.2 Å². The number of rotatable bonds is 3. The summed E-state index contributed by atoms with van der Waals surface area (Å²) < 4.78 is 35.7. The van der Waals surface area contributed by atoms with Crippen molar-refractivity contribution in [2.75, 3.05) is 6.61 Å². The first-order valence-corrected chi connectivity index (χ1v) is 5.08. The topological polar surface area (TPSA) is 65.2 Å². The molecule has 1 aromatic heterocycles. The first-order chi connectivity index (χ1) is 8.61. The SMILES string of the molecule is CCOC(=O)c1nnc(-c2ccc(F)cc2F)o1. The maximum absolute atomic E-state index is 13.4. The van der Waals surface area contributed by atoms with Gasteiger partial charge in [0.05, 0.1) is 12.2 Å². The zero-order chi connectivity index (χ0) is 13.1. The smallest absolute Gasteiger partial charge is 0.396 e. The molecule has 0 fully saturated rings. The summed E-state index contributed by atoms with van der Waals surface area (Å²) in [5, 5.41) is 6.92. The molecular weight excluding hydrogens is 246 g/mol. The highest BCUT2D eigenvalue weighted by Gasteiger charge is 2.18. The number of ether oxygens (including phenoxy) is 1. The number of nitrogens with zero attached hydrogens (tertiary/aromatic N) is 2. The van der Waals surface area contributed by atoms with Crippen LogP contribution in [0.15, 0.2) is 22.6 Å². The van der Waals surface area contributed by atoms with Crippen LogP contribution in [0, 0.1) is 11.6 Å². The molecule has 0 aliphatic carbocycles. The predicted octanol–water partition coefficient (Wildman–Crippen LogP) is 2.19. The number of carbonyl (C=O) groups excluding carboxylic acids is 1. The molecule has 0 N–H and O–H groups in total. The van der Waals surface area contributed by atoms with E-state index in [4.69, 9.17) is 4.42 Å². The van der Waals surface area contributed by atoms with Crippen molar-refractivity contribution in [3.05, 3.63) is 35.7 Å². The molecular formula is C11H8F2N2O3. The molecule has 2 rings (SSSR count). The van der Waals surface area contributed by atoms with Crippen LogP contribution < -0.4 is 0 Å². The van der Waals surface area contributed by atoms with Crippen molar-refractivity contribution >= 4 is 5.97 Å². The summed E-state index contributed by atoms with van der Waals surface area (Å²) in [4.78, 5) is 11.3. The van der Waals surface area contributed by atoms with Gasteiger partial charge in [0.2, 0.25) is 0 Å². The molecule has 0 bridgehead atoms. The van der Waals surface area contributed by atoms with Gasteiger partial charge in [-0.05, 0) is 19.1 Å². The number of hydrogen-bond donors (Lipinski definition) is 0. The summed E-state index contributed by atoms with van der Waals surface area (Å²) in [7, 11) is 0. The maximum atomic E-state index is 13.4. The third-order valence-corrected chi connectivity index (χ3v) is 2.04. The third-order valence-electron chi connectivity index (χ3n) is 2.04. The zero-order valence-electron chi connectivity index (χ0n) is 9.31. The lowest BCUT2D eigenvalue weighted by molar-refractivity contribution is 0.0481. The van der Waals surface area contributed by atoms with Crippen molar-refractivity contribution < 1.29 is 22.7 Å². The Bertz CT molecular complexity index is 583. The summed E-state index contributed by atoms with van der Waals surface area (Å²) in [6.45, 7) is 1.77. The maximum Gasteiger partial charge on any atom is 0.396 e. The summed E-state index contributed by atoms with van der Waals surface area (Å²) in [5.74, 6) is -2.96. The summed E-state index contributed by atoms with van der Waals surface area (Å²) in [6.07, 6.45) is 0. The Morgan fingerprint density at radius 2 is 2.17 bits per heavy atom. The van der Waals surface area contributed by atoms with Crippen LogP contribution in [0.25, 0.3) is 11.5 Å². The number of hydrogen-bond acceptors (Lipinski definition) is 5. The Morgan fingerprint density at radius 1 is 1.39 bits per heavy atom. The van der Waals surface area contributed by atoms with E-state index < -0.39 is 17.6 Å². The summed E-state index contributed by atoms with van der Waals surface area (Å²) in [5.41, 5.74) is -0.0838. The Labute approximate surface area is 100 Å². The van der Waals surface area contributed by atoms with E-state index in [0.717, 1.165) is 12.1 Å². The molecule has 18 heavy (non-hydrogen) atoms. The fraction of sp³-hybridized carbons (Fsp3) is 0.182. The Balaban J connectivity index is 2.32. The molecule has 0 radical (unpaired) electrons. The number of halogens is 2. The van der Waals surface area contributed by atoms with Crippen LogP contribution in [0.3, 0.4) is 0 Å². The normalized spacial score (nSPS) is 10.4. The van der Waals surface area contributed by atoms with Crippen LogP contribution in [0.1, 0.15) is 17.6 Å². The number of aromatic nitrogens is 2. The number of carbonyl (C=O) groups is 1. The van der Waals surface area contributed by atoms with Gasteiger partial charge in [0.15, 0.2) is 0 Å². The van der Waals surface area contributed by atoms with Crippen LogP contribution in [-0.4, -0.2) is 22.8 Å². The van der Waals surface area contributed by atoms with E-state index in [-0.39, 0.29) is 24.0 Å². The first-order valence-electron chi connectivity index (χ1n) is 5.08. The monoisotopic (exact) mass is 254 g/mol. The van der Waals surface area contributed by atoms with Crippen LogP contribution in [0.5, 0.6) is 0 Å². The summed E-state index contributed by atoms with van der Waals surface area (Å²) >= 11 is 0. The Kier molecular flexibility index (Phi) is 3.31. The van der Waals surface area contributed by atoms with E-state index >= 15 is 0 Å². The second-order valence-electron chi connectivity index (χ2n) is 3.26. The third kappa shape index (κ3) is 2.34. The van der Waals surface area contributed by atoms with E-state index in [9.17, 15) is 13.6 Å². The molecule has 0 amide bonds. The fourth-order valence-electron chi connectivity index (χ4n) is 1.27. The highest BCUT2D eigenvalue weighted by Crippen LogP contribution is 2.22. The quantitative estimate of drug-likeness (QED) is 0.785. The number of benzene rings is 1. The van der Waals surface area contributed by atoms with Gasteiger partial charge in [-0.1, -0.05) is 0 Å². The molecule has 94 valence electrons. The lowest BCUT2D eigenvalue weighted by Crippen LogP contribution is -2.04. The highest BCUT2D eigenvalue weighted by atomic mass is 19.1. The zero-order valence-corrected chi connectivity index (χ0v) is 9.31. The van der Waals surface area contributed by atoms with Crippen molar-refractivity contribution in [2.45, 2.75) is 6.92 Å². The minimum absolute atomic E-state index is 0.0838. The molecule has 5 nitrogen and oxygen atoms in total. The molecule has 0 saturated heterocycles. The van der Waals surface area contributed by atoms with Gasteiger partial charge in [-0.15, -0.1) is 10.2 Å². The molecule has 0 spiro atoms. The van der Waals surface area contributed by atoms with Crippen molar-refractivity contribution in [3.63, 3.8) is 0 Å². The minimum Gasteiger partial charge on any atom is -0.459 e. The van der Waals surface area contributed by atoms with E-state index in [0.29, 0.717) is 6.07 Å². The Morgan fingerprint density at radius 3 is 2.83 bits per heavy atom. The second kappa shape index (κ2) is 4.91. The molecule has 0 aliphatic heterocycles. The van der Waals surface area contributed by atoms with Gasteiger partial charge in [0, 0.05) is 6.07 Å². The molecule has 1 aromatic carbocycles. The molecule has 0 atom stereocenters. The Hall–Kier alpha value is -2.31. The van der Waals surface area contributed by atoms with Crippen LogP contribution in [0.2, 0.25) is 0 Å². The first kappa shape index (κ1) is 12.2. The van der Waals surface area contributed by atoms with Gasteiger partial charge in [-0.2, -0.15) is 0 Å². The minimum atomic E-state index is -0.853. The van der Waals surface area contributed by atoms with Crippen LogP contribution in [0.4, 0.5) is 8.78 Å². The van der Waals surface area contributed by atoms with Gasteiger partial charge >= 0.3 is 11.9 Å². The van der Waals surface area contributed by atoms with Gasteiger partial charge in [0.25, 0.3) is 5.89 Å². The molecule has 0 saturated carbocycles. The van der Waals surface area contributed by atoms with Gasteiger partial charge in [-0.3, -0.25) is 0 Å². The van der Waals surface area contributed by atoms with E-state index in [1.165, 1.54) is 0 Å². The van der Waals surface area contributed by atoms with Gasteiger partial charge in [-0.25, -0.2) is 13.6 Å². The van der Waals surface area contributed by atoms with Crippen LogP contribution in [-0.2, 0) is 4.74 Å². The molecule has 2 aromatic rings. The average molecular weight is 254 g/mol. The molecule has 1 heterocycles. The fourth-order valence-corrected chi connectivity index (χ4v) is 1.27. The van der Waals surface area contributed by atoms with Crippen LogP contribution >= 0.6 is 0 Å². The lowest BCUT2D eigenvalue weighted by atomic mass is 10.2. The highest BCUT2D eigenvalue weighted by molar-refractivity contribution is 5.84. The largest absolute Gasteiger partial charge is 0.459 e. The lowest BCUT2D eigenvalue weighted by Gasteiger charge is -1.97. The molecule has 0 unspecified atom stereocenters. The average Bonchev–Trinajstić information content (AvgIpc) is 2.78. The predicted molar refractivity (Wildman–Crippen MR) is 55.6 cm³/mol. The van der Waals surface area contributed by atoms with Gasteiger partial charge in [0.1, 0.15) is 11.6 Å². The molecule has 0 aliphatic rings.